The lowest BCUT2D eigenvalue weighted by Crippen LogP contribution is -2.25. The third kappa shape index (κ3) is 3.60. The van der Waals surface area contributed by atoms with Crippen molar-refractivity contribution in [3.05, 3.63) is 65.0 Å². The number of hydrogen-bond acceptors (Lipinski definition) is 3. The van der Waals surface area contributed by atoms with Crippen LogP contribution in [0.15, 0.2) is 42.5 Å². The first-order valence-electron chi connectivity index (χ1n) is 8.75. The summed E-state index contributed by atoms with van der Waals surface area (Å²) in [5, 5.41) is 11.8. The van der Waals surface area contributed by atoms with Gasteiger partial charge in [0, 0.05) is 18.2 Å². The summed E-state index contributed by atoms with van der Waals surface area (Å²) in [6.45, 7) is 6.86. The van der Waals surface area contributed by atoms with Crippen molar-refractivity contribution in [1.82, 2.24) is 14.9 Å². The Hall–Kier alpha value is -3.13. The van der Waals surface area contributed by atoms with E-state index in [0.717, 1.165) is 28.8 Å². The normalized spacial score (nSPS) is 10.9. The fraction of sp³-hybridized carbons (Fsp3) is 0.286. The molecule has 0 saturated heterocycles. The molecule has 132 valence electrons. The van der Waals surface area contributed by atoms with Gasteiger partial charge in [-0.05, 0) is 63.1 Å². The van der Waals surface area contributed by atoms with Crippen LogP contribution in [0.1, 0.15) is 47.2 Å². The third-order valence-corrected chi connectivity index (χ3v) is 4.40. The van der Waals surface area contributed by atoms with Gasteiger partial charge in [0.05, 0.1) is 22.7 Å². The van der Waals surface area contributed by atoms with Gasteiger partial charge in [-0.1, -0.05) is 12.1 Å². The van der Waals surface area contributed by atoms with Crippen molar-refractivity contribution < 1.29 is 4.79 Å². The van der Waals surface area contributed by atoms with Crippen LogP contribution in [0.2, 0.25) is 0 Å². The number of aryl methyl sites for hydroxylation is 1. The van der Waals surface area contributed by atoms with Gasteiger partial charge in [0.25, 0.3) is 5.91 Å². The number of hydrogen-bond donors (Lipinski definition) is 1. The molecule has 0 fully saturated rings. The molecule has 0 radical (unpaired) electrons. The van der Waals surface area contributed by atoms with Gasteiger partial charge in [0.1, 0.15) is 5.82 Å². The number of fused-ring (bicyclic) bond motifs is 1. The van der Waals surface area contributed by atoms with Crippen molar-refractivity contribution in [1.29, 1.82) is 5.26 Å². The van der Waals surface area contributed by atoms with E-state index in [4.69, 9.17) is 5.26 Å². The van der Waals surface area contributed by atoms with Gasteiger partial charge < -0.3 is 9.88 Å². The number of carbonyl (C=O) groups excluding carboxylic acids is 1. The number of rotatable bonds is 5. The minimum Gasteiger partial charge on any atom is -0.352 e. The van der Waals surface area contributed by atoms with Crippen LogP contribution in [-0.4, -0.2) is 22.0 Å². The van der Waals surface area contributed by atoms with Gasteiger partial charge in [-0.15, -0.1) is 0 Å². The quantitative estimate of drug-likeness (QED) is 0.764. The highest BCUT2D eigenvalue weighted by Crippen LogP contribution is 2.21. The second-order valence-electron chi connectivity index (χ2n) is 6.64. The Morgan fingerprint density at radius 3 is 2.81 bits per heavy atom. The predicted molar refractivity (Wildman–Crippen MR) is 102 cm³/mol. The topological polar surface area (TPSA) is 70.7 Å². The first-order chi connectivity index (χ1) is 12.5. The number of amides is 1. The van der Waals surface area contributed by atoms with Gasteiger partial charge in [-0.3, -0.25) is 4.79 Å². The van der Waals surface area contributed by atoms with Crippen molar-refractivity contribution in [2.24, 2.45) is 0 Å². The van der Waals surface area contributed by atoms with Crippen LogP contribution in [-0.2, 0) is 6.42 Å². The van der Waals surface area contributed by atoms with E-state index in [1.807, 2.05) is 13.0 Å². The maximum absolute atomic E-state index is 12.2. The summed E-state index contributed by atoms with van der Waals surface area (Å²) in [5.41, 5.74) is 4.25. The Morgan fingerprint density at radius 2 is 2.08 bits per heavy atom. The first-order valence-corrected chi connectivity index (χ1v) is 8.75. The lowest BCUT2D eigenvalue weighted by molar-refractivity contribution is 0.0954. The summed E-state index contributed by atoms with van der Waals surface area (Å²) in [5.74, 6) is 0.848. The van der Waals surface area contributed by atoms with Crippen LogP contribution in [0.3, 0.4) is 0 Å². The van der Waals surface area contributed by atoms with Gasteiger partial charge >= 0.3 is 0 Å². The summed E-state index contributed by atoms with van der Waals surface area (Å²) in [4.78, 5) is 16.9. The Morgan fingerprint density at radius 1 is 1.27 bits per heavy atom. The van der Waals surface area contributed by atoms with Gasteiger partial charge in [0.15, 0.2) is 0 Å². The lowest BCUT2D eigenvalue weighted by atomic mass is 10.1. The largest absolute Gasteiger partial charge is 0.352 e. The van der Waals surface area contributed by atoms with Crippen LogP contribution in [0.5, 0.6) is 0 Å². The van der Waals surface area contributed by atoms with Gasteiger partial charge in [0.2, 0.25) is 0 Å². The van der Waals surface area contributed by atoms with E-state index in [-0.39, 0.29) is 5.91 Å². The molecular formula is C21H22N4O. The molecule has 0 unspecified atom stereocenters. The maximum atomic E-state index is 12.2. The van der Waals surface area contributed by atoms with Crippen LogP contribution in [0.4, 0.5) is 0 Å². The SMILES string of the molecule is Cc1nc2cc(CCNC(=O)c3cccc(C#N)c3)ccc2n1C(C)C. The molecule has 0 atom stereocenters. The smallest absolute Gasteiger partial charge is 0.251 e. The summed E-state index contributed by atoms with van der Waals surface area (Å²) >= 11 is 0. The molecule has 3 rings (SSSR count). The van der Waals surface area contributed by atoms with E-state index in [1.165, 1.54) is 0 Å². The van der Waals surface area contributed by atoms with Gasteiger partial charge in [-0.25, -0.2) is 4.98 Å². The molecule has 0 saturated carbocycles. The van der Waals surface area contributed by atoms with E-state index >= 15 is 0 Å². The average Bonchev–Trinajstić information content (AvgIpc) is 2.96. The molecule has 0 aliphatic heterocycles. The minimum absolute atomic E-state index is 0.164. The number of nitriles is 1. The van der Waals surface area contributed by atoms with Crippen LogP contribution in [0.25, 0.3) is 11.0 Å². The van der Waals surface area contributed by atoms with E-state index in [1.54, 1.807) is 24.3 Å². The van der Waals surface area contributed by atoms with Crippen molar-refractivity contribution in [2.45, 2.75) is 33.2 Å². The zero-order valence-electron chi connectivity index (χ0n) is 15.3. The number of nitrogens with zero attached hydrogens (tertiary/aromatic N) is 3. The number of benzene rings is 2. The van der Waals surface area contributed by atoms with E-state index in [0.29, 0.717) is 23.7 Å². The molecule has 1 amide bonds. The second-order valence-corrected chi connectivity index (χ2v) is 6.64. The third-order valence-electron chi connectivity index (χ3n) is 4.40. The molecule has 1 N–H and O–H groups in total. The predicted octanol–water partition coefficient (Wildman–Crippen LogP) is 3.77. The first kappa shape index (κ1) is 17.7. The van der Waals surface area contributed by atoms with E-state index < -0.39 is 0 Å². The highest BCUT2D eigenvalue weighted by molar-refractivity contribution is 5.94. The van der Waals surface area contributed by atoms with E-state index in [2.05, 4.69) is 46.9 Å². The fourth-order valence-corrected chi connectivity index (χ4v) is 3.22. The Labute approximate surface area is 153 Å². The average molecular weight is 346 g/mol. The van der Waals surface area contributed by atoms with Crippen LogP contribution in [0, 0.1) is 18.3 Å². The molecule has 1 aromatic heterocycles. The number of imidazole rings is 1. The molecule has 0 aliphatic rings. The van der Waals surface area contributed by atoms with Crippen molar-refractivity contribution in [2.75, 3.05) is 6.54 Å². The molecule has 0 aliphatic carbocycles. The molecule has 5 heteroatoms. The van der Waals surface area contributed by atoms with Crippen LogP contribution < -0.4 is 5.32 Å². The molecule has 0 spiro atoms. The minimum atomic E-state index is -0.164. The molecular weight excluding hydrogens is 324 g/mol. The van der Waals surface area contributed by atoms with Crippen molar-refractivity contribution in [3.8, 4) is 6.07 Å². The Bertz CT molecular complexity index is 995. The monoisotopic (exact) mass is 346 g/mol. The Balaban J connectivity index is 1.66. The maximum Gasteiger partial charge on any atom is 0.251 e. The molecule has 3 aromatic rings. The Kier molecular flexibility index (Phi) is 5.04. The highest BCUT2D eigenvalue weighted by atomic mass is 16.1. The highest BCUT2D eigenvalue weighted by Gasteiger charge is 2.11. The van der Waals surface area contributed by atoms with Crippen LogP contribution >= 0.6 is 0 Å². The molecule has 5 nitrogen and oxygen atoms in total. The zero-order valence-corrected chi connectivity index (χ0v) is 15.3. The second kappa shape index (κ2) is 7.40. The fourth-order valence-electron chi connectivity index (χ4n) is 3.22. The van der Waals surface area contributed by atoms with Crippen molar-refractivity contribution >= 4 is 16.9 Å². The summed E-state index contributed by atoms with van der Waals surface area (Å²) < 4.78 is 2.23. The summed E-state index contributed by atoms with van der Waals surface area (Å²) in [7, 11) is 0. The lowest BCUT2D eigenvalue weighted by Gasteiger charge is -2.11. The standard InChI is InChI=1S/C21H22N4O/c1-14(2)25-15(3)24-19-12-16(7-8-20(19)25)9-10-23-21(26)18-6-4-5-17(11-18)13-22/h4-8,11-12,14H,9-10H2,1-3H3,(H,23,26). The van der Waals surface area contributed by atoms with E-state index in [9.17, 15) is 4.79 Å². The van der Waals surface area contributed by atoms with Gasteiger partial charge in [-0.2, -0.15) is 5.26 Å². The molecule has 2 aromatic carbocycles. The number of aromatic nitrogens is 2. The number of carbonyl (C=O) groups is 1. The summed E-state index contributed by atoms with van der Waals surface area (Å²) in [6, 6.07) is 15.4. The summed E-state index contributed by atoms with van der Waals surface area (Å²) in [6.07, 6.45) is 0.729. The molecule has 0 bridgehead atoms. The molecule has 1 heterocycles. The molecule has 26 heavy (non-hydrogen) atoms. The van der Waals surface area contributed by atoms with Crippen molar-refractivity contribution in [3.63, 3.8) is 0 Å². The zero-order chi connectivity index (χ0) is 18.7. The number of nitrogens with one attached hydrogen (secondary N) is 1.